The maximum atomic E-state index is 4.31. The molecule has 0 spiro atoms. The minimum Gasteiger partial charge on any atom is -0.387 e. The predicted octanol–water partition coefficient (Wildman–Crippen LogP) is 1.78. The van der Waals surface area contributed by atoms with Gasteiger partial charge in [0.1, 0.15) is 0 Å². The summed E-state index contributed by atoms with van der Waals surface area (Å²) in [5, 5.41) is 10.7. The van der Waals surface area contributed by atoms with Crippen LogP contribution in [-0.2, 0) is 13.6 Å². The lowest BCUT2D eigenvalue weighted by atomic mass is 10.2. The average Bonchev–Trinajstić information content (AvgIpc) is 2.65. The van der Waals surface area contributed by atoms with Gasteiger partial charge in [-0.25, -0.2) is 0 Å². The maximum Gasteiger partial charge on any atom is 0.0643 e. The van der Waals surface area contributed by atoms with Crippen molar-refractivity contribution in [1.29, 1.82) is 0 Å². The molecule has 0 amide bonds. The molecule has 2 aromatic rings. The van der Waals surface area contributed by atoms with Crippen molar-refractivity contribution in [3.05, 3.63) is 35.9 Å². The third kappa shape index (κ3) is 2.75. The van der Waals surface area contributed by atoms with Crippen molar-refractivity contribution < 1.29 is 0 Å². The Balaban J connectivity index is 2.04. The van der Waals surface area contributed by atoms with Gasteiger partial charge in [-0.15, -0.1) is 0 Å². The van der Waals surface area contributed by atoms with Gasteiger partial charge in [0.05, 0.1) is 29.5 Å². The van der Waals surface area contributed by atoms with Gasteiger partial charge >= 0.3 is 0 Å². The molecule has 0 fully saturated rings. The summed E-state index contributed by atoms with van der Waals surface area (Å²) in [5.74, 6) is 0. The van der Waals surface area contributed by atoms with Crippen LogP contribution in [0.1, 0.15) is 11.3 Å². The molecule has 2 heterocycles. The molecule has 2 rings (SSSR count). The molecule has 0 unspecified atom stereocenters. The Kier molecular flexibility index (Phi) is 3.27. The molecular weight excluding hydrogens is 214 g/mol. The van der Waals surface area contributed by atoms with Crippen molar-refractivity contribution in [2.24, 2.45) is 7.05 Å². The molecule has 5 heteroatoms. The minimum atomic E-state index is 0.758. The SMILES string of the molecule is CNc1cncc(NCc2cn(C)nc2C)c1. The molecular formula is C12H17N5. The molecule has 5 nitrogen and oxygen atoms in total. The second kappa shape index (κ2) is 4.86. The number of anilines is 2. The van der Waals surface area contributed by atoms with E-state index in [9.17, 15) is 0 Å². The summed E-state index contributed by atoms with van der Waals surface area (Å²) in [7, 11) is 3.81. The van der Waals surface area contributed by atoms with Gasteiger partial charge in [0.2, 0.25) is 0 Å². The summed E-state index contributed by atoms with van der Waals surface area (Å²) >= 11 is 0. The van der Waals surface area contributed by atoms with E-state index in [1.165, 1.54) is 5.56 Å². The van der Waals surface area contributed by atoms with Gasteiger partial charge in [-0.2, -0.15) is 5.10 Å². The number of rotatable bonds is 4. The van der Waals surface area contributed by atoms with Crippen LogP contribution in [0.3, 0.4) is 0 Å². The first-order chi connectivity index (χ1) is 8.19. The van der Waals surface area contributed by atoms with E-state index >= 15 is 0 Å². The van der Waals surface area contributed by atoms with Crippen molar-refractivity contribution in [1.82, 2.24) is 14.8 Å². The van der Waals surface area contributed by atoms with Gasteiger partial charge in [0.25, 0.3) is 0 Å². The number of hydrogen-bond acceptors (Lipinski definition) is 4. The van der Waals surface area contributed by atoms with Crippen LogP contribution < -0.4 is 10.6 Å². The van der Waals surface area contributed by atoms with Crippen LogP contribution in [0.5, 0.6) is 0 Å². The number of aromatic nitrogens is 3. The Morgan fingerprint density at radius 1 is 1.29 bits per heavy atom. The Morgan fingerprint density at radius 3 is 2.71 bits per heavy atom. The van der Waals surface area contributed by atoms with E-state index in [4.69, 9.17) is 0 Å². The number of aryl methyl sites for hydroxylation is 2. The van der Waals surface area contributed by atoms with Crippen LogP contribution >= 0.6 is 0 Å². The molecule has 17 heavy (non-hydrogen) atoms. The zero-order valence-electron chi connectivity index (χ0n) is 10.4. The maximum absolute atomic E-state index is 4.31. The van der Waals surface area contributed by atoms with Crippen LogP contribution in [-0.4, -0.2) is 21.8 Å². The largest absolute Gasteiger partial charge is 0.387 e. The summed E-state index contributed by atoms with van der Waals surface area (Å²) in [6.45, 7) is 2.77. The van der Waals surface area contributed by atoms with Crippen LogP contribution in [0.15, 0.2) is 24.7 Å². The molecule has 0 bridgehead atoms. The molecule has 2 N–H and O–H groups in total. The van der Waals surface area contributed by atoms with E-state index in [0.717, 1.165) is 23.6 Å². The topological polar surface area (TPSA) is 54.8 Å². The van der Waals surface area contributed by atoms with Gasteiger partial charge in [-0.05, 0) is 13.0 Å². The molecule has 0 atom stereocenters. The van der Waals surface area contributed by atoms with Gasteiger partial charge in [-0.3, -0.25) is 9.67 Å². The fraction of sp³-hybridized carbons (Fsp3) is 0.333. The van der Waals surface area contributed by atoms with E-state index < -0.39 is 0 Å². The summed E-state index contributed by atoms with van der Waals surface area (Å²) in [4.78, 5) is 4.15. The van der Waals surface area contributed by atoms with E-state index in [1.807, 2.05) is 44.2 Å². The zero-order chi connectivity index (χ0) is 12.3. The van der Waals surface area contributed by atoms with E-state index in [-0.39, 0.29) is 0 Å². The van der Waals surface area contributed by atoms with Crippen LogP contribution in [0.2, 0.25) is 0 Å². The van der Waals surface area contributed by atoms with Crippen LogP contribution in [0.4, 0.5) is 11.4 Å². The first-order valence-corrected chi connectivity index (χ1v) is 5.55. The molecule has 0 aliphatic heterocycles. The highest BCUT2D eigenvalue weighted by Crippen LogP contribution is 2.14. The molecule has 0 radical (unpaired) electrons. The van der Waals surface area contributed by atoms with Crippen LogP contribution in [0, 0.1) is 6.92 Å². The lowest BCUT2D eigenvalue weighted by molar-refractivity contribution is 0.756. The molecule has 0 aliphatic rings. The van der Waals surface area contributed by atoms with E-state index in [1.54, 1.807) is 6.20 Å². The number of hydrogen-bond donors (Lipinski definition) is 2. The highest BCUT2D eigenvalue weighted by molar-refractivity contribution is 5.53. The van der Waals surface area contributed by atoms with Gasteiger partial charge in [0, 0.05) is 32.4 Å². The molecule has 2 aromatic heterocycles. The molecule has 0 saturated heterocycles. The highest BCUT2D eigenvalue weighted by atomic mass is 15.2. The lowest BCUT2D eigenvalue weighted by Gasteiger charge is -2.06. The first kappa shape index (κ1) is 11.4. The van der Waals surface area contributed by atoms with Crippen molar-refractivity contribution in [3.8, 4) is 0 Å². The third-order valence-corrected chi connectivity index (χ3v) is 2.63. The van der Waals surface area contributed by atoms with E-state index in [2.05, 4.69) is 20.7 Å². The Morgan fingerprint density at radius 2 is 2.06 bits per heavy atom. The van der Waals surface area contributed by atoms with Gasteiger partial charge in [-0.1, -0.05) is 0 Å². The number of nitrogens with one attached hydrogen (secondary N) is 2. The molecule has 0 aliphatic carbocycles. The zero-order valence-corrected chi connectivity index (χ0v) is 10.4. The second-order valence-corrected chi connectivity index (χ2v) is 3.98. The Labute approximate surface area is 101 Å². The number of pyridine rings is 1. The van der Waals surface area contributed by atoms with Crippen LogP contribution in [0.25, 0.3) is 0 Å². The summed E-state index contributed by atoms with van der Waals surface area (Å²) in [5.41, 5.74) is 4.25. The fourth-order valence-corrected chi connectivity index (χ4v) is 1.69. The smallest absolute Gasteiger partial charge is 0.0643 e. The normalized spacial score (nSPS) is 10.3. The Hall–Kier alpha value is -2.04. The van der Waals surface area contributed by atoms with Crippen molar-refractivity contribution >= 4 is 11.4 Å². The standard InChI is InChI=1S/C12H17N5/c1-9-10(8-17(3)16-9)5-15-12-4-11(13-2)6-14-7-12/h4,6-8,13,15H,5H2,1-3H3. The summed E-state index contributed by atoms with van der Waals surface area (Å²) in [6, 6.07) is 2.03. The van der Waals surface area contributed by atoms with Crippen molar-refractivity contribution in [3.63, 3.8) is 0 Å². The summed E-state index contributed by atoms with van der Waals surface area (Å²) in [6.07, 6.45) is 5.63. The van der Waals surface area contributed by atoms with Crippen molar-refractivity contribution in [2.45, 2.75) is 13.5 Å². The third-order valence-electron chi connectivity index (χ3n) is 2.63. The van der Waals surface area contributed by atoms with Gasteiger partial charge in [0.15, 0.2) is 0 Å². The molecule has 0 aromatic carbocycles. The average molecular weight is 231 g/mol. The first-order valence-electron chi connectivity index (χ1n) is 5.55. The molecule has 90 valence electrons. The van der Waals surface area contributed by atoms with Crippen molar-refractivity contribution in [2.75, 3.05) is 17.7 Å². The summed E-state index contributed by atoms with van der Waals surface area (Å²) < 4.78 is 1.83. The molecule has 0 saturated carbocycles. The Bertz CT molecular complexity index is 503. The lowest BCUT2D eigenvalue weighted by Crippen LogP contribution is -2.01. The number of nitrogens with zero attached hydrogens (tertiary/aromatic N) is 3. The van der Waals surface area contributed by atoms with Gasteiger partial charge < -0.3 is 10.6 Å². The quantitative estimate of drug-likeness (QED) is 0.842. The van der Waals surface area contributed by atoms with E-state index in [0.29, 0.717) is 0 Å². The minimum absolute atomic E-state index is 0.758. The predicted molar refractivity (Wildman–Crippen MR) is 69.1 cm³/mol. The monoisotopic (exact) mass is 231 g/mol. The fourth-order valence-electron chi connectivity index (χ4n) is 1.69. The highest BCUT2D eigenvalue weighted by Gasteiger charge is 2.02. The second-order valence-electron chi connectivity index (χ2n) is 3.98.